The molecule has 212 valence electrons. The average Bonchev–Trinajstić information content (AvgIpc) is 3.37. The molecule has 0 spiro atoms. The molecule has 4 aromatic rings. The Labute approximate surface area is 240 Å². The minimum atomic E-state index is -1.67. The molecule has 7 nitrogen and oxygen atoms in total. The second-order valence-corrected chi connectivity index (χ2v) is 10.5. The third kappa shape index (κ3) is 7.61. The van der Waals surface area contributed by atoms with E-state index in [1.165, 1.54) is 19.3 Å². The Hall–Kier alpha value is -3.43. The summed E-state index contributed by atoms with van der Waals surface area (Å²) in [6.45, 7) is 4.88. The van der Waals surface area contributed by atoms with Crippen LogP contribution in [0.5, 0.6) is 5.75 Å². The van der Waals surface area contributed by atoms with Gasteiger partial charge in [-0.2, -0.15) is 4.39 Å². The Kier molecular flexibility index (Phi) is 10.5. The molecular weight excluding hydrogens is 525 g/mol. The topological polar surface area (TPSA) is 94.5 Å². The summed E-state index contributed by atoms with van der Waals surface area (Å²) in [6, 6.07) is 12.8. The lowest BCUT2D eigenvalue weighted by Gasteiger charge is -2.15. The molecule has 9 heteroatoms. The van der Waals surface area contributed by atoms with E-state index in [1.54, 1.807) is 24.5 Å². The van der Waals surface area contributed by atoms with Crippen molar-refractivity contribution >= 4 is 35.6 Å². The highest BCUT2D eigenvalue weighted by atomic mass is 32.1. The molecule has 4 rings (SSSR count). The van der Waals surface area contributed by atoms with Crippen molar-refractivity contribution in [1.29, 1.82) is 0 Å². The number of ketones is 1. The number of fused-ring (bicyclic) bond motifs is 1. The van der Waals surface area contributed by atoms with Gasteiger partial charge in [-0.15, -0.1) is 12.6 Å². The van der Waals surface area contributed by atoms with Crippen molar-refractivity contribution in [2.45, 2.75) is 64.5 Å². The van der Waals surface area contributed by atoms with Crippen LogP contribution in [0.2, 0.25) is 0 Å². The number of halogens is 1. The van der Waals surface area contributed by atoms with Gasteiger partial charge in [0.2, 0.25) is 0 Å². The number of nitrogens with one attached hydrogen (secondary N) is 1. The van der Waals surface area contributed by atoms with E-state index in [1.807, 2.05) is 47.9 Å². The van der Waals surface area contributed by atoms with Crippen LogP contribution in [0.15, 0.2) is 61.1 Å². The second kappa shape index (κ2) is 14.3. The van der Waals surface area contributed by atoms with Gasteiger partial charge in [0.05, 0.1) is 11.9 Å². The molecule has 40 heavy (non-hydrogen) atoms. The minimum Gasteiger partial charge on any atom is -0.451 e. The average molecular weight is 564 g/mol. The first kappa shape index (κ1) is 29.6. The minimum absolute atomic E-state index is 0.178. The molecule has 0 radical (unpaired) electrons. The van der Waals surface area contributed by atoms with Gasteiger partial charge in [0.25, 0.3) is 5.69 Å². The van der Waals surface area contributed by atoms with Gasteiger partial charge in [-0.1, -0.05) is 26.2 Å². The first-order chi connectivity index (χ1) is 19.4. The summed E-state index contributed by atoms with van der Waals surface area (Å²) in [5.41, 5.74) is 9.04. The maximum Gasteiger partial charge on any atom is 0.283 e. The third-order valence-corrected chi connectivity index (χ3v) is 7.26. The van der Waals surface area contributed by atoms with Crippen molar-refractivity contribution < 1.29 is 13.9 Å². The lowest BCUT2D eigenvalue weighted by Crippen LogP contribution is -2.10. The van der Waals surface area contributed by atoms with Crippen LogP contribution < -0.4 is 15.8 Å². The molecular formula is C31H38FN5O2S. The van der Waals surface area contributed by atoms with Crippen LogP contribution in [0.25, 0.3) is 16.9 Å². The van der Waals surface area contributed by atoms with Crippen LogP contribution in [0.4, 0.5) is 15.9 Å². The molecule has 0 aliphatic rings. The predicted molar refractivity (Wildman–Crippen MR) is 162 cm³/mol. The van der Waals surface area contributed by atoms with Crippen molar-refractivity contribution in [2.24, 2.45) is 11.7 Å². The number of aromatic nitrogens is 3. The van der Waals surface area contributed by atoms with E-state index < -0.39 is 5.69 Å². The quantitative estimate of drug-likeness (QED) is 0.0787. The zero-order valence-electron chi connectivity index (χ0n) is 23.1. The van der Waals surface area contributed by atoms with Crippen molar-refractivity contribution in [1.82, 2.24) is 14.4 Å². The molecule has 0 saturated carbocycles. The maximum atomic E-state index is 13.0. The number of aryl methyl sites for hydroxylation is 1. The van der Waals surface area contributed by atoms with Crippen LogP contribution in [0.3, 0.4) is 0 Å². The van der Waals surface area contributed by atoms with Crippen molar-refractivity contribution in [3.63, 3.8) is 0 Å². The Morgan fingerprint density at radius 1 is 1.12 bits per heavy atom. The largest absolute Gasteiger partial charge is 0.451 e. The van der Waals surface area contributed by atoms with Crippen LogP contribution in [0, 0.1) is 12.8 Å². The van der Waals surface area contributed by atoms with Crippen molar-refractivity contribution in [2.75, 3.05) is 11.9 Å². The standard InChI is InChI=1S/C31H38FN5O2S/c1-3-4-6-22(15-16-33)7-5-8-28(38)26-14-11-24(19-21(26)2)36-29-30-35-20-27(37(30)18-17-34-29)23-9-12-25(13-10-23)39-31(32)40/h9-14,17-20,22,31,40H,3-8,15-16,33H2,1-2H3,(H,34,36). The monoisotopic (exact) mass is 563 g/mol. The van der Waals surface area contributed by atoms with Gasteiger partial charge in [-0.25, -0.2) is 9.97 Å². The predicted octanol–water partition coefficient (Wildman–Crippen LogP) is 7.52. The highest BCUT2D eigenvalue weighted by molar-refractivity contribution is 7.80. The number of Topliss-reactive ketones (excluding diaryl/α,β-unsaturated/α-hetero) is 1. The number of nitrogens with two attached hydrogens (primary N) is 1. The number of rotatable bonds is 15. The smallest absolute Gasteiger partial charge is 0.283 e. The number of thiol groups is 1. The van der Waals surface area contributed by atoms with Gasteiger partial charge in [0.1, 0.15) is 5.75 Å². The number of ether oxygens (including phenoxy) is 1. The lowest BCUT2D eigenvalue weighted by molar-refractivity contribution is 0.0976. The van der Waals surface area contributed by atoms with Crippen LogP contribution in [-0.4, -0.2) is 32.4 Å². The highest BCUT2D eigenvalue weighted by Crippen LogP contribution is 2.28. The second-order valence-electron chi connectivity index (χ2n) is 10.1. The van der Waals surface area contributed by atoms with Gasteiger partial charge in [0, 0.05) is 35.6 Å². The number of alkyl halides is 1. The molecule has 0 aliphatic heterocycles. The third-order valence-electron chi connectivity index (χ3n) is 7.16. The molecule has 0 fully saturated rings. The number of carbonyl (C=O) groups is 1. The van der Waals surface area contributed by atoms with E-state index in [0.29, 0.717) is 36.1 Å². The number of anilines is 2. The van der Waals surface area contributed by atoms with Crippen LogP contribution >= 0.6 is 12.6 Å². The molecule has 2 unspecified atom stereocenters. The number of hydrogen-bond acceptors (Lipinski definition) is 7. The normalized spacial score (nSPS) is 12.8. The zero-order chi connectivity index (χ0) is 28.5. The van der Waals surface area contributed by atoms with E-state index in [4.69, 9.17) is 10.5 Å². The Morgan fingerprint density at radius 3 is 2.60 bits per heavy atom. The number of unbranched alkanes of at least 4 members (excludes halogenated alkanes) is 1. The van der Waals surface area contributed by atoms with Gasteiger partial charge in [-0.05, 0) is 86.7 Å². The maximum absolute atomic E-state index is 13.0. The van der Waals surface area contributed by atoms with E-state index in [9.17, 15) is 9.18 Å². The SMILES string of the molecule is CCCCC(CCN)CCCC(=O)c1ccc(Nc2nccn3c(-c4ccc(OC(F)S)cc4)cnc23)cc1C. The molecule has 2 atom stereocenters. The summed E-state index contributed by atoms with van der Waals surface area (Å²) in [4.78, 5) is 22.1. The van der Waals surface area contributed by atoms with Crippen LogP contribution in [0.1, 0.15) is 67.8 Å². The number of imidazole rings is 1. The molecule has 0 bridgehead atoms. The molecule has 3 N–H and O–H groups in total. The summed E-state index contributed by atoms with van der Waals surface area (Å²) in [5.74, 6) is 1.78. The van der Waals surface area contributed by atoms with Gasteiger partial charge >= 0.3 is 0 Å². The fourth-order valence-electron chi connectivity index (χ4n) is 5.08. The zero-order valence-corrected chi connectivity index (χ0v) is 24.0. The number of carbonyl (C=O) groups excluding carboxylic acids is 1. The summed E-state index contributed by atoms with van der Waals surface area (Å²) < 4.78 is 19.9. The highest BCUT2D eigenvalue weighted by Gasteiger charge is 2.15. The molecule has 0 aliphatic carbocycles. The lowest BCUT2D eigenvalue weighted by atomic mass is 9.91. The molecule has 2 heterocycles. The molecule has 0 saturated heterocycles. The first-order valence-corrected chi connectivity index (χ1v) is 14.4. The fraction of sp³-hybridized carbons (Fsp3) is 0.387. The van der Waals surface area contributed by atoms with E-state index in [0.717, 1.165) is 47.3 Å². The summed E-state index contributed by atoms with van der Waals surface area (Å²) in [6.07, 6.45) is 12.4. The molecule has 2 aromatic heterocycles. The summed E-state index contributed by atoms with van der Waals surface area (Å²) in [7, 11) is 0. The van der Waals surface area contributed by atoms with Crippen molar-refractivity contribution in [3.8, 4) is 17.0 Å². The molecule has 2 aromatic carbocycles. The summed E-state index contributed by atoms with van der Waals surface area (Å²) in [5, 5.41) is 3.35. The van der Waals surface area contributed by atoms with Crippen molar-refractivity contribution in [3.05, 3.63) is 72.2 Å². The molecule has 0 amide bonds. The number of nitrogens with zero attached hydrogens (tertiary/aromatic N) is 3. The number of hydrogen-bond donors (Lipinski definition) is 3. The first-order valence-electron chi connectivity index (χ1n) is 13.9. The number of benzene rings is 2. The van der Waals surface area contributed by atoms with Gasteiger partial charge < -0.3 is 15.8 Å². The van der Waals surface area contributed by atoms with Crippen LogP contribution in [-0.2, 0) is 0 Å². The van der Waals surface area contributed by atoms with Gasteiger partial charge in [0.15, 0.2) is 17.2 Å². The fourth-order valence-corrected chi connectivity index (χ4v) is 5.20. The Bertz CT molecular complexity index is 1410. The Balaban J connectivity index is 1.43. The van der Waals surface area contributed by atoms with Gasteiger partial charge in [-0.3, -0.25) is 9.20 Å². The summed E-state index contributed by atoms with van der Waals surface area (Å²) >= 11 is 3.62. The van der Waals surface area contributed by atoms with E-state index >= 15 is 0 Å². The Morgan fingerprint density at radius 2 is 1.90 bits per heavy atom. The van der Waals surface area contributed by atoms with E-state index in [-0.39, 0.29) is 5.78 Å². The van der Waals surface area contributed by atoms with E-state index in [2.05, 4.69) is 34.8 Å².